The number of hydrogen-bond donors (Lipinski definition) is 1. The maximum atomic E-state index is 5.81. The second-order valence-electron chi connectivity index (χ2n) is 4.58. The third-order valence-electron chi connectivity index (χ3n) is 2.63. The molecule has 0 aromatic heterocycles. The monoisotopic (exact) mass is 221 g/mol. The van der Waals surface area contributed by atoms with Gasteiger partial charge in [0.1, 0.15) is 11.5 Å². The fourth-order valence-electron chi connectivity index (χ4n) is 1.68. The Morgan fingerprint density at radius 1 is 1.19 bits per heavy atom. The molecule has 1 aromatic carbocycles. The molecule has 0 heterocycles. The first-order chi connectivity index (χ1) is 7.63. The molecule has 1 saturated carbocycles. The zero-order valence-electron chi connectivity index (χ0n) is 9.90. The van der Waals surface area contributed by atoms with Crippen LogP contribution in [0.1, 0.15) is 33.1 Å². The minimum Gasteiger partial charge on any atom is -0.491 e. The van der Waals surface area contributed by atoms with Crippen molar-refractivity contribution < 1.29 is 9.47 Å². The lowest BCUT2D eigenvalue weighted by atomic mass is 9.96. The van der Waals surface area contributed by atoms with Gasteiger partial charge in [0.25, 0.3) is 0 Å². The van der Waals surface area contributed by atoms with E-state index in [0.717, 1.165) is 24.3 Å². The van der Waals surface area contributed by atoms with Gasteiger partial charge >= 0.3 is 0 Å². The Morgan fingerprint density at radius 3 is 2.44 bits per heavy atom. The fourth-order valence-corrected chi connectivity index (χ4v) is 1.68. The molecule has 3 heteroatoms. The summed E-state index contributed by atoms with van der Waals surface area (Å²) in [5.74, 6) is 1.60. The number of ether oxygens (including phenoxy) is 2. The van der Waals surface area contributed by atoms with Crippen molar-refractivity contribution in [3.8, 4) is 11.5 Å². The first-order valence-corrected chi connectivity index (χ1v) is 5.87. The molecule has 1 aliphatic carbocycles. The van der Waals surface area contributed by atoms with E-state index in [-0.39, 0.29) is 6.10 Å². The van der Waals surface area contributed by atoms with Crippen LogP contribution in [0.25, 0.3) is 0 Å². The lowest BCUT2D eigenvalue weighted by molar-refractivity contribution is 0.119. The molecule has 2 rings (SSSR count). The molecule has 16 heavy (non-hydrogen) atoms. The van der Waals surface area contributed by atoms with Gasteiger partial charge in [-0.2, -0.15) is 0 Å². The lowest BCUT2D eigenvalue weighted by Gasteiger charge is -2.26. The second-order valence-corrected chi connectivity index (χ2v) is 4.58. The van der Waals surface area contributed by atoms with Crippen molar-refractivity contribution in [1.82, 2.24) is 0 Å². The van der Waals surface area contributed by atoms with Crippen LogP contribution in [0.2, 0.25) is 0 Å². The third-order valence-corrected chi connectivity index (χ3v) is 2.63. The largest absolute Gasteiger partial charge is 0.491 e. The van der Waals surface area contributed by atoms with Crippen LogP contribution in [-0.2, 0) is 0 Å². The van der Waals surface area contributed by atoms with Crippen molar-refractivity contribution in [1.29, 1.82) is 0 Å². The normalized spacial score (nSPS) is 15.9. The van der Waals surface area contributed by atoms with E-state index < -0.39 is 0 Å². The zero-order chi connectivity index (χ0) is 11.5. The van der Waals surface area contributed by atoms with Crippen molar-refractivity contribution >= 4 is 5.69 Å². The highest BCUT2D eigenvalue weighted by Crippen LogP contribution is 2.30. The van der Waals surface area contributed by atoms with Gasteiger partial charge in [0, 0.05) is 23.9 Å². The number of nitrogen functional groups attached to an aromatic ring is 1. The maximum Gasteiger partial charge on any atom is 0.125 e. The minimum atomic E-state index is 0.151. The average Bonchev–Trinajstić information content (AvgIpc) is 2.09. The maximum absolute atomic E-state index is 5.81. The summed E-state index contributed by atoms with van der Waals surface area (Å²) >= 11 is 0. The zero-order valence-corrected chi connectivity index (χ0v) is 9.90. The van der Waals surface area contributed by atoms with Crippen LogP contribution in [0, 0.1) is 0 Å². The molecule has 0 unspecified atom stereocenters. The quantitative estimate of drug-likeness (QED) is 0.795. The topological polar surface area (TPSA) is 44.5 Å². The number of benzene rings is 1. The number of anilines is 1. The standard InChI is InChI=1S/C13H19NO2/c1-9(2)15-12-6-10(14)7-13(8-12)16-11-4-3-5-11/h6-9,11H,3-5,14H2,1-2H3. The van der Waals surface area contributed by atoms with Gasteiger partial charge in [-0.1, -0.05) is 0 Å². The highest BCUT2D eigenvalue weighted by Gasteiger charge is 2.19. The van der Waals surface area contributed by atoms with E-state index in [2.05, 4.69) is 0 Å². The Labute approximate surface area is 96.5 Å². The smallest absolute Gasteiger partial charge is 0.125 e. The van der Waals surface area contributed by atoms with Gasteiger partial charge in [-0.25, -0.2) is 0 Å². The summed E-state index contributed by atoms with van der Waals surface area (Å²) in [5, 5.41) is 0. The van der Waals surface area contributed by atoms with Gasteiger partial charge in [0.2, 0.25) is 0 Å². The molecule has 0 spiro atoms. The molecule has 1 aromatic rings. The SMILES string of the molecule is CC(C)Oc1cc(N)cc(OC2CCC2)c1. The van der Waals surface area contributed by atoms with Gasteiger partial charge < -0.3 is 15.2 Å². The van der Waals surface area contributed by atoms with E-state index in [1.54, 1.807) is 0 Å². The van der Waals surface area contributed by atoms with Gasteiger partial charge in [-0.05, 0) is 33.1 Å². The van der Waals surface area contributed by atoms with E-state index in [1.165, 1.54) is 6.42 Å². The molecule has 0 bridgehead atoms. The minimum absolute atomic E-state index is 0.151. The summed E-state index contributed by atoms with van der Waals surface area (Å²) in [6.07, 6.45) is 4.08. The van der Waals surface area contributed by atoms with Crippen molar-refractivity contribution in [3.05, 3.63) is 18.2 Å². The van der Waals surface area contributed by atoms with Gasteiger partial charge in [0.05, 0.1) is 12.2 Å². The second kappa shape index (κ2) is 4.64. The molecule has 0 atom stereocenters. The molecule has 0 radical (unpaired) electrons. The summed E-state index contributed by atoms with van der Waals surface area (Å²) in [5.41, 5.74) is 6.50. The van der Waals surface area contributed by atoms with Crippen LogP contribution in [0.15, 0.2) is 18.2 Å². The van der Waals surface area contributed by atoms with Crippen LogP contribution in [0.3, 0.4) is 0 Å². The summed E-state index contributed by atoms with van der Waals surface area (Å²) in [6, 6.07) is 5.59. The predicted octanol–water partition coefficient (Wildman–Crippen LogP) is 2.99. The molecule has 2 N–H and O–H groups in total. The van der Waals surface area contributed by atoms with E-state index in [0.29, 0.717) is 11.8 Å². The first-order valence-electron chi connectivity index (χ1n) is 5.87. The average molecular weight is 221 g/mol. The molecule has 0 amide bonds. The molecular weight excluding hydrogens is 202 g/mol. The molecule has 0 saturated heterocycles. The summed E-state index contributed by atoms with van der Waals surface area (Å²) in [6.45, 7) is 3.99. The van der Waals surface area contributed by atoms with Crippen LogP contribution in [0.5, 0.6) is 11.5 Å². The van der Waals surface area contributed by atoms with Crippen LogP contribution in [-0.4, -0.2) is 12.2 Å². The van der Waals surface area contributed by atoms with E-state index in [9.17, 15) is 0 Å². The van der Waals surface area contributed by atoms with E-state index in [1.807, 2.05) is 32.0 Å². The molecular formula is C13H19NO2. The third kappa shape index (κ3) is 2.81. The van der Waals surface area contributed by atoms with Crippen molar-refractivity contribution in [3.63, 3.8) is 0 Å². The predicted molar refractivity (Wildman–Crippen MR) is 64.9 cm³/mol. The Bertz CT molecular complexity index is 359. The Hall–Kier alpha value is -1.38. The molecule has 88 valence electrons. The summed E-state index contributed by atoms with van der Waals surface area (Å²) in [7, 11) is 0. The fraction of sp³-hybridized carbons (Fsp3) is 0.538. The Morgan fingerprint density at radius 2 is 1.88 bits per heavy atom. The first kappa shape index (κ1) is 11.1. The highest BCUT2D eigenvalue weighted by molar-refractivity contribution is 5.50. The van der Waals surface area contributed by atoms with E-state index in [4.69, 9.17) is 15.2 Å². The van der Waals surface area contributed by atoms with Crippen LogP contribution >= 0.6 is 0 Å². The van der Waals surface area contributed by atoms with Crippen LogP contribution < -0.4 is 15.2 Å². The van der Waals surface area contributed by atoms with Crippen molar-refractivity contribution in [2.75, 3.05) is 5.73 Å². The Kier molecular flexibility index (Phi) is 3.22. The van der Waals surface area contributed by atoms with Crippen molar-refractivity contribution in [2.45, 2.75) is 45.3 Å². The Balaban J connectivity index is 2.08. The van der Waals surface area contributed by atoms with Crippen LogP contribution in [0.4, 0.5) is 5.69 Å². The van der Waals surface area contributed by atoms with Gasteiger partial charge in [0.15, 0.2) is 0 Å². The number of nitrogens with two attached hydrogens (primary N) is 1. The van der Waals surface area contributed by atoms with Gasteiger partial charge in [-0.15, -0.1) is 0 Å². The number of rotatable bonds is 4. The van der Waals surface area contributed by atoms with Crippen molar-refractivity contribution in [2.24, 2.45) is 0 Å². The van der Waals surface area contributed by atoms with E-state index >= 15 is 0 Å². The lowest BCUT2D eigenvalue weighted by Crippen LogP contribution is -2.24. The van der Waals surface area contributed by atoms with Gasteiger partial charge in [-0.3, -0.25) is 0 Å². The highest BCUT2D eigenvalue weighted by atomic mass is 16.5. The summed E-state index contributed by atoms with van der Waals surface area (Å²) in [4.78, 5) is 0. The molecule has 0 aliphatic heterocycles. The summed E-state index contributed by atoms with van der Waals surface area (Å²) < 4.78 is 11.4. The molecule has 1 fully saturated rings. The number of hydrogen-bond acceptors (Lipinski definition) is 3. The molecule has 1 aliphatic rings. The molecule has 3 nitrogen and oxygen atoms in total.